The summed E-state index contributed by atoms with van der Waals surface area (Å²) in [5.41, 5.74) is 0.594. The van der Waals surface area contributed by atoms with Gasteiger partial charge in [0, 0.05) is 19.1 Å². The fraction of sp³-hybridized carbons (Fsp3) is 0.438. The van der Waals surface area contributed by atoms with E-state index in [9.17, 15) is 8.42 Å². The molecule has 1 aromatic carbocycles. The Morgan fingerprint density at radius 3 is 2.68 bits per heavy atom. The zero-order valence-corrected chi connectivity index (χ0v) is 13.3. The van der Waals surface area contributed by atoms with Gasteiger partial charge >= 0.3 is 0 Å². The standard InChI is InChI=1S/C16H20N2O3S/c1-2-8-18(15-7-11-22(19,20)13-15)9-10-21-16-5-3-14(12-17)4-6-16/h2-6,15H,1,7-11,13H2. The van der Waals surface area contributed by atoms with Crippen molar-refractivity contribution in [3.05, 3.63) is 42.5 Å². The molecule has 0 saturated carbocycles. The van der Waals surface area contributed by atoms with Crippen LogP contribution in [-0.4, -0.2) is 50.6 Å². The molecule has 118 valence electrons. The van der Waals surface area contributed by atoms with Crippen molar-refractivity contribution in [2.24, 2.45) is 0 Å². The minimum Gasteiger partial charge on any atom is -0.492 e. The summed E-state index contributed by atoms with van der Waals surface area (Å²) >= 11 is 0. The van der Waals surface area contributed by atoms with Crippen LogP contribution in [0.15, 0.2) is 36.9 Å². The first-order chi connectivity index (χ1) is 10.5. The fourth-order valence-corrected chi connectivity index (χ4v) is 4.32. The molecular formula is C16H20N2O3S. The van der Waals surface area contributed by atoms with Gasteiger partial charge in [-0.1, -0.05) is 6.08 Å². The van der Waals surface area contributed by atoms with E-state index in [-0.39, 0.29) is 17.5 Å². The molecule has 0 bridgehead atoms. The highest BCUT2D eigenvalue weighted by Crippen LogP contribution is 2.18. The number of benzene rings is 1. The predicted octanol–water partition coefficient (Wildman–Crippen LogP) is 1.61. The topological polar surface area (TPSA) is 70.4 Å². The predicted molar refractivity (Wildman–Crippen MR) is 85.5 cm³/mol. The van der Waals surface area contributed by atoms with Crippen molar-refractivity contribution in [3.8, 4) is 11.8 Å². The normalized spacial score (nSPS) is 19.7. The summed E-state index contributed by atoms with van der Waals surface area (Å²) in [4.78, 5) is 2.10. The van der Waals surface area contributed by atoms with Gasteiger partial charge in [0.05, 0.1) is 23.1 Å². The molecule has 1 atom stereocenters. The van der Waals surface area contributed by atoms with Crippen molar-refractivity contribution >= 4 is 9.84 Å². The van der Waals surface area contributed by atoms with Crippen LogP contribution in [0.1, 0.15) is 12.0 Å². The molecule has 1 aromatic rings. The van der Waals surface area contributed by atoms with Crippen LogP contribution < -0.4 is 4.74 Å². The van der Waals surface area contributed by atoms with Crippen LogP contribution >= 0.6 is 0 Å². The van der Waals surface area contributed by atoms with Crippen LogP contribution in [-0.2, 0) is 9.84 Å². The van der Waals surface area contributed by atoms with Crippen molar-refractivity contribution in [3.63, 3.8) is 0 Å². The molecule has 0 spiro atoms. The average molecular weight is 320 g/mol. The van der Waals surface area contributed by atoms with Crippen LogP contribution in [0, 0.1) is 11.3 Å². The first-order valence-corrected chi connectivity index (χ1v) is 9.04. The lowest BCUT2D eigenvalue weighted by Gasteiger charge is -2.26. The maximum Gasteiger partial charge on any atom is 0.151 e. The van der Waals surface area contributed by atoms with Gasteiger partial charge in [-0.05, 0) is 30.7 Å². The lowest BCUT2D eigenvalue weighted by Crippen LogP contribution is -2.39. The van der Waals surface area contributed by atoms with Gasteiger partial charge in [0.15, 0.2) is 9.84 Å². The van der Waals surface area contributed by atoms with Crippen LogP contribution in [0.3, 0.4) is 0 Å². The molecule has 0 aliphatic carbocycles. The summed E-state index contributed by atoms with van der Waals surface area (Å²) in [6, 6.07) is 9.05. The first-order valence-electron chi connectivity index (χ1n) is 7.22. The van der Waals surface area contributed by atoms with Crippen LogP contribution in [0.4, 0.5) is 0 Å². The Bertz CT molecular complexity index is 647. The van der Waals surface area contributed by atoms with Gasteiger partial charge in [0.1, 0.15) is 12.4 Å². The second kappa shape index (κ2) is 7.43. The number of nitriles is 1. The molecule has 0 amide bonds. The Morgan fingerprint density at radius 2 is 2.14 bits per heavy atom. The number of sulfone groups is 1. The molecule has 6 heteroatoms. The summed E-state index contributed by atoms with van der Waals surface area (Å²) in [5.74, 6) is 1.19. The second-order valence-corrected chi connectivity index (χ2v) is 7.55. The zero-order valence-electron chi connectivity index (χ0n) is 12.4. The monoisotopic (exact) mass is 320 g/mol. The van der Waals surface area contributed by atoms with Crippen molar-refractivity contribution < 1.29 is 13.2 Å². The second-order valence-electron chi connectivity index (χ2n) is 5.33. The van der Waals surface area contributed by atoms with E-state index in [1.54, 1.807) is 30.3 Å². The van der Waals surface area contributed by atoms with Crippen molar-refractivity contribution in [1.82, 2.24) is 4.90 Å². The van der Waals surface area contributed by atoms with E-state index in [1.165, 1.54) is 0 Å². The third-order valence-corrected chi connectivity index (χ3v) is 5.47. The summed E-state index contributed by atoms with van der Waals surface area (Å²) in [5, 5.41) is 8.74. The molecule has 0 radical (unpaired) electrons. The fourth-order valence-electron chi connectivity index (χ4n) is 2.56. The Balaban J connectivity index is 1.86. The average Bonchev–Trinajstić information content (AvgIpc) is 2.87. The van der Waals surface area contributed by atoms with Crippen molar-refractivity contribution in [2.75, 3.05) is 31.2 Å². The number of hydrogen-bond acceptors (Lipinski definition) is 5. The van der Waals surface area contributed by atoms with Crippen LogP contribution in [0.25, 0.3) is 0 Å². The van der Waals surface area contributed by atoms with E-state index in [2.05, 4.69) is 17.5 Å². The third-order valence-electron chi connectivity index (χ3n) is 3.72. The smallest absolute Gasteiger partial charge is 0.151 e. The van der Waals surface area contributed by atoms with Crippen molar-refractivity contribution in [1.29, 1.82) is 5.26 Å². The third kappa shape index (κ3) is 4.58. The molecule has 5 nitrogen and oxygen atoms in total. The lowest BCUT2D eigenvalue weighted by atomic mass is 10.2. The lowest BCUT2D eigenvalue weighted by molar-refractivity contribution is 0.185. The molecule has 1 aliphatic heterocycles. The van der Waals surface area contributed by atoms with E-state index in [1.807, 2.05) is 0 Å². The van der Waals surface area contributed by atoms with Gasteiger partial charge in [0.25, 0.3) is 0 Å². The van der Waals surface area contributed by atoms with Gasteiger partial charge in [-0.15, -0.1) is 6.58 Å². The Kier molecular flexibility index (Phi) is 5.58. The number of nitrogens with zero attached hydrogens (tertiary/aromatic N) is 2. The highest BCUT2D eigenvalue weighted by molar-refractivity contribution is 7.91. The summed E-state index contributed by atoms with van der Waals surface area (Å²) < 4.78 is 28.8. The van der Waals surface area contributed by atoms with E-state index in [0.717, 1.165) is 0 Å². The summed E-state index contributed by atoms with van der Waals surface area (Å²) in [7, 11) is -2.89. The zero-order chi connectivity index (χ0) is 16.0. The van der Waals surface area contributed by atoms with E-state index < -0.39 is 9.84 Å². The Hall–Kier alpha value is -1.84. The van der Waals surface area contributed by atoms with E-state index >= 15 is 0 Å². The van der Waals surface area contributed by atoms with Gasteiger partial charge in [-0.2, -0.15) is 5.26 Å². The molecule has 1 heterocycles. The molecule has 1 fully saturated rings. The molecule has 0 N–H and O–H groups in total. The highest BCUT2D eigenvalue weighted by atomic mass is 32.2. The minimum atomic E-state index is -2.89. The van der Waals surface area contributed by atoms with Crippen LogP contribution in [0.2, 0.25) is 0 Å². The summed E-state index contributed by atoms with van der Waals surface area (Å²) in [6.45, 7) is 5.49. The van der Waals surface area contributed by atoms with Crippen LogP contribution in [0.5, 0.6) is 5.75 Å². The molecule has 1 unspecified atom stereocenters. The van der Waals surface area contributed by atoms with Gasteiger partial charge in [-0.25, -0.2) is 8.42 Å². The summed E-state index contributed by atoms with van der Waals surface area (Å²) in [6.07, 6.45) is 2.46. The SMILES string of the molecule is C=CCN(CCOc1ccc(C#N)cc1)C1CCS(=O)(=O)C1. The maximum absolute atomic E-state index is 11.6. The molecule has 22 heavy (non-hydrogen) atoms. The largest absolute Gasteiger partial charge is 0.492 e. The first kappa shape index (κ1) is 16.5. The number of rotatable bonds is 7. The van der Waals surface area contributed by atoms with E-state index in [0.29, 0.717) is 37.4 Å². The van der Waals surface area contributed by atoms with Gasteiger partial charge in [0.2, 0.25) is 0 Å². The maximum atomic E-state index is 11.6. The quantitative estimate of drug-likeness (QED) is 0.714. The molecule has 1 saturated heterocycles. The Morgan fingerprint density at radius 1 is 1.41 bits per heavy atom. The van der Waals surface area contributed by atoms with Gasteiger partial charge < -0.3 is 4.74 Å². The minimum absolute atomic E-state index is 0.0487. The molecule has 2 rings (SSSR count). The highest BCUT2D eigenvalue weighted by Gasteiger charge is 2.31. The van der Waals surface area contributed by atoms with Crippen molar-refractivity contribution in [2.45, 2.75) is 12.5 Å². The number of ether oxygens (including phenoxy) is 1. The number of hydrogen-bond donors (Lipinski definition) is 0. The molecule has 1 aliphatic rings. The molecule has 0 aromatic heterocycles. The Labute approximate surface area is 131 Å². The molecular weight excluding hydrogens is 300 g/mol. The van der Waals surface area contributed by atoms with Gasteiger partial charge in [-0.3, -0.25) is 4.90 Å². The van der Waals surface area contributed by atoms with E-state index in [4.69, 9.17) is 10.00 Å².